The first kappa shape index (κ1) is 13.2. The third-order valence-electron chi connectivity index (χ3n) is 3.46. The van der Waals surface area contributed by atoms with Gasteiger partial charge in [-0.3, -0.25) is 4.79 Å². The summed E-state index contributed by atoms with van der Waals surface area (Å²) < 4.78 is 10.7. The Morgan fingerprint density at radius 1 is 0.952 bits per heavy atom. The minimum absolute atomic E-state index is 0.121. The molecule has 0 radical (unpaired) electrons. The summed E-state index contributed by atoms with van der Waals surface area (Å²) in [5, 5.41) is 2.85. The van der Waals surface area contributed by atoms with E-state index in [1.165, 1.54) is 0 Å². The maximum atomic E-state index is 12.2. The van der Waals surface area contributed by atoms with Gasteiger partial charge in [-0.25, -0.2) is 0 Å². The summed E-state index contributed by atoms with van der Waals surface area (Å²) in [6.07, 6.45) is 1.80. The van der Waals surface area contributed by atoms with Crippen LogP contribution in [0, 0.1) is 0 Å². The van der Waals surface area contributed by atoms with Gasteiger partial charge in [0.05, 0.1) is 19.8 Å². The third kappa shape index (κ3) is 2.25. The minimum Gasteiger partial charge on any atom is -0.496 e. The van der Waals surface area contributed by atoms with E-state index in [-0.39, 0.29) is 5.91 Å². The standard InChI is InChI=1S/C17H15NO3/c1-20-15-8-5-9-16(21-2)13(15)10-12-11-6-3-4-7-14(11)18-17(12)19/h3-10H,1-2H3,(H,18,19). The maximum Gasteiger partial charge on any atom is 0.256 e. The van der Waals surface area contributed by atoms with Gasteiger partial charge in [-0.15, -0.1) is 0 Å². The minimum atomic E-state index is -0.121. The molecule has 0 fully saturated rings. The highest BCUT2D eigenvalue weighted by molar-refractivity contribution is 6.35. The fourth-order valence-electron chi connectivity index (χ4n) is 2.45. The summed E-state index contributed by atoms with van der Waals surface area (Å²) in [6, 6.07) is 13.1. The van der Waals surface area contributed by atoms with E-state index in [4.69, 9.17) is 9.47 Å². The maximum absolute atomic E-state index is 12.2. The molecule has 1 aliphatic rings. The van der Waals surface area contributed by atoms with Crippen LogP contribution in [-0.2, 0) is 4.79 Å². The van der Waals surface area contributed by atoms with Crippen molar-refractivity contribution in [3.8, 4) is 11.5 Å². The van der Waals surface area contributed by atoms with Crippen molar-refractivity contribution in [2.24, 2.45) is 0 Å². The molecular formula is C17H15NO3. The summed E-state index contributed by atoms with van der Waals surface area (Å²) in [5.41, 5.74) is 3.07. The molecule has 2 aromatic carbocycles. The normalized spacial score (nSPS) is 14.8. The lowest BCUT2D eigenvalue weighted by atomic mass is 10.0. The molecule has 0 aliphatic carbocycles. The number of methoxy groups -OCH3 is 2. The lowest BCUT2D eigenvalue weighted by Gasteiger charge is -2.10. The van der Waals surface area contributed by atoms with Crippen molar-refractivity contribution in [1.29, 1.82) is 0 Å². The Hall–Kier alpha value is -2.75. The summed E-state index contributed by atoms with van der Waals surface area (Å²) in [5.74, 6) is 1.21. The van der Waals surface area contributed by atoms with Crippen LogP contribution in [0.2, 0.25) is 0 Å². The molecule has 1 heterocycles. The van der Waals surface area contributed by atoms with Crippen LogP contribution < -0.4 is 14.8 Å². The Morgan fingerprint density at radius 2 is 1.62 bits per heavy atom. The zero-order chi connectivity index (χ0) is 14.8. The largest absolute Gasteiger partial charge is 0.496 e. The molecule has 0 saturated heterocycles. The predicted octanol–water partition coefficient (Wildman–Crippen LogP) is 3.20. The van der Waals surface area contributed by atoms with E-state index in [2.05, 4.69) is 5.32 Å². The molecule has 4 nitrogen and oxygen atoms in total. The molecule has 1 aliphatic heterocycles. The molecule has 1 amide bonds. The van der Waals surface area contributed by atoms with E-state index in [0.717, 1.165) is 16.8 Å². The number of amides is 1. The van der Waals surface area contributed by atoms with Gasteiger partial charge in [-0.05, 0) is 24.3 Å². The lowest BCUT2D eigenvalue weighted by molar-refractivity contribution is -0.110. The van der Waals surface area contributed by atoms with Gasteiger partial charge in [0.15, 0.2) is 0 Å². The van der Waals surface area contributed by atoms with Gasteiger partial charge >= 0.3 is 0 Å². The van der Waals surface area contributed by atoms with Crippen molar-refractivity contribution in [1.82, 2.24) is 0 Å². The van der Waals surface area contributed by atoms with Gasteiger partial charge in [-0.1, -0.05) is 24.3 Å². The molecular weight excluding hydrogens is 266 g/mol. The smallest absolute Gasteiger partial charge is 0.256 e. The number of ether oxygens (including phenoxy) is 2. The van der Waals surface area contributed by atoms with Gasteiger partial charge in [0.25, 0.3) is 5.91 Å². The van der Waals surface area contributed by atoms with E-state index < -0.39 is 0 Å². The van der Waals surface area contributed by atoms with Crippen LogP contribution in [0.25, 0.3) is 11.6 Å². The van der Waals surface area contributed by atoms with Crippen LogP contribution in [-0.4, -0.2) is 20.1 Å². The van der Waals surface area contributed by atoms with E-state index in [0.29, 0.717) is 17.1 Å². The number of hydrogen-bond acceptors (Lipinski definition) is 3. The van der Waals surface area contributed by atoms with Gasteiger partial charge < -0.3 is 14.8 Å². The molecule has 0 spiro atoms. The van der Waals surface area contributed by atoms with Crippen molar-refractivity contribution < 1.29 is 14.3 Å². The third-order valence-corrected chi connectivity index (χ3v) is 3.46. The highest BCUT2D eigenvalue weighted by Gasteiger charge is 2.24. The Morgan fingerprint density at radius 3 is 2.29 bits per heavy atom. The van der Waals surface area contributed by atoms with Crippen molar-refractivity contribution in [3.05, 3.63) is 53.6 Å². The highest BCUT2D eigenvalue weighted by atomic mass is 16.5. The van der Waals surface area contributed by atoms with E-state index in [9.17, 15) is 4.79 Å². The van der Waals surface area contributed by atoms with Crippen molar-refractivity contribution in [3.63, 3.8) is 0 Å². The van der Waals surface area contributed by atoms with Gasteiger partial charge in [0, 0.05) is 16.8 Å². The number of rotatable bonds is 3. The number of hydrogen-bond donors (Lipinski definition) is 1. The Labute approximate surface area is 123 Å². The molecule has 0 unspecified atom stereocenters. The molecule has 21 heavy (non-hydrogen) atoms. The average molecular weight is 281 g/mol. The summed E-state index contributed by atoms with van der Waals surface area (Å²) >= 11 is 0. The summed E-state index contributed by atoms with van der Waals surface area (Å²) in [6.45, 7) is 0. The number of nitrogens with one attached hydrogen (secondary N) is 1. The number of carbonyl (C=O) groups excluding carboxylic acids is 1. The number of benzene rings is 2. The molecule has 0 saturated carbocycles. The molecule has 3 rings (SSSR count). The van der Waals surface area contributed by atoms with Crippen LogP contribution in [0.15, 0.2) is 42.5 Å². The molecule has 1 N–H and O–H groups in total. The Balaban J connectivity index is 2.17. The summed E-state index contributed by atoms with van der Waals surface area (Å²) in [7, 11) is 3.19. The predicted molar refractivity (Wildman–Crippen MR) is 82.5 cm³/mol. The average Bonchev–Trinajstić information content (AvgIpc) is 2.83. The first-order valence-electron chi connectivity index (χ1n) is 6.58. The van der Waals surface area contributed by atoms with Gasteiger partial charge in [0.1, 0.15) is 11.5 Å². The lowest BCUT2D eigenvalue weighted by Crippen LogP contribution is -2.04. The number of fused-ring (bicyclic) bond motifs is 1. The zero-order valence-electron chi connectivity index (χ0n) is 11.8. The number of carbonyl (C=O) groups is 1. The van der Waals surface area contributed by atoms with E-state index >= 15 is 0 Å². The highest BCUT2D eigenvalue weighted by Crippen LogP contribution is 2.37. The van der Waals surface area contributed by atoms with Crippen molar-refractivity contribution >= 4 is 23.2 Å². The molecule has 0 aromatic heterocycles. The van der Waals surface area contributed by atoms with Crippen molar-refractivity contribution in [2.75, 3.05) is 19.5 Å². The van der Waals surface area contributed by atoms with Gasteiger partial charge in [0.2, 0.25) is 0 Å². The fourth-order valence-corrected chi connectivity index (χ4v) is 2.45. The Bertz CT molecular complexity index is 712. The van der Waals surface area contributed by atoms with Crippen LogP contribution >= 0.6 is 0 Å². The molecule has 4 heteroatoms. The van der Waals surface area contributed by atoms with Gasteiger partial charge in [-0.2, -0.15) is 0 Å². The second-order valence-corrected chi connectivity index (χ2v) is 4.63. The zero-order valence-corrected chi connectivity index (χ0v) is 11.8. The van der Waals surface area contributed by atoms with E-state index in [1.807, 2.05) is 42.5 Å². The fraction of sp³-hybridized carbons (Fsp3) is 0.118. The van der Waals surface area contributed by atoms with Crippen LogP contribution in [0.1, 0.15) is 11.1 Å². The van der Waals surface area contributed by atoms with Crippen molar-refractivity contribution in [2.45, 2.75) is 0 Å². The molecule has 2 aromatic rings. The quantitative estimate of drug-likeness (QED) is 0.879. The van der Waals surface area contributed by atoms with Crippen LogP contribution in [0.3, 0.4) is 0 Å². The monoisotopic (exact) mass is 281 g/mol. The second-order valence-electron chi connectivity index (χ2n) is 4.63. The molecule has 106 valence electrons. The topological polar surface area (TPSA) is 47.6 Å². The number of para-hydroxylation sites is 1. The van der Waals surface area contributed by atoms with Crippen LogP contribution in [0.5, 0.6) is 11.5 Å². The SMILES string of the molecule is COc1cccc(OC)c1C=C1C(=O)Nc2ccccc21. The van der Waals surface area contributed by atoms with E-state index in [1.54, 1.807) is 20.3 Å². The molecule has 0 atom stereocenters. The molecule has 0 bridgehead atoms. The Kier molecular flexibility index (Phi) is 3.36. The van der Waals surface area contributed by atoms with Crippen LogP contribution in [0.4, 0.5) is 5.69 Å². The second kappa shape index (κ2) is 5.32. The summed E-state index contributed by atoms with van der Waals surface area (Å²) in [4.78, 5) is 12.2. The first-order valence-corrected chi connectivity index (χ1v) is 6.58. The first-order chi connectivity index (χ1) is 10.2. The number of anilines is 1.